The molecule has 20 heavy (non-hydrogen) atoms. The lowest BCUT2D eigenvalue weighted by Gasteiger charge is -2.33. The number of aliphatic hydroxyl groups excluding tert-OH is 1. The molecular formula is C14H24N2O4. The molecule has 2 N–H and O–H groups in total. The summed E-state index contributed by atoms with van der Waals surface area (Å²) in [6.45, 7) is 1.42. The first-order chi connectivity index (χ1) is 9.65. The lowest BCUT2D eigenvalue weighted by molar-refractivity contribution is -0.137. The van der Waals surface area contributed by atoms with Gasteiger partial charge < -0.3 is 20.1 Å². The van der Waals surface area contributed by atoms with Crippen LogP contribution in [0.15, 0.2) is 0 Å². The van der Waals surface area contributed by atoms with Crippen LogP contribution in [0.25, 0.3) is 0 Å². The second kappa shape index (κ2) is 7.04. The number of rotatable bonds is 6. The number of ether oxygens (including phenoxy) is 1. The first kappa shape index (κ1) is 15.3. The van der Waals surface area contributed by atoms with Crippen LogP contribution in [0.2, 0.25) is 0 Å². The second-order valence-electron chi connectivity index (χ2n) is 5.74. The molecule has 114 valence electrons. The lowest BCUT2D eigenvalue weighted by atomic mass is 9.96. The van der Waals surface area contributed by atoms with Crippen LogP contribution in [0.5, 0.6) is 0 Å². The fraction of sp³-hybridized carbons (Fsp3) is 0.857. The summed E-state index contributed by atoms with van der Waals surface area (Å²) in [6.07, 6.45) is 3.65. The van der Waals surface area contributed by atoms with Gasteiger partial charge in [-0.25, -0.2) is 0 Å². The summed E-state index contributed by atoms with van der Waals surface area (Å²) in [4.78, 5) is 26.1. The van der Waals surface area contributed by atoms with E-state index in [9.17, 15) is 9.59 Å². The van der Waals surface area contributed by atoms with Crippen molar-refractivity contribution < 1.29 is 19.4 Å². The Morgan fingerprint density at radius 3 is 2.70 bits per heavy atom. The van der Waals surface area contributed by atoms with Crippen molar-refractivity contribution in [2.45, 2.75) is 31.7 Å². The zero-order valence-corrected chi connectivity index (χ0v) is 12.0. The van der Waals surface area contributed by atoms with Crippen LogP contribution in [0, 0.1) is 11.8 Å². The van der Waals surface area contributed by atoms with Crippen LogP contribution in [-0.4, -0.2) is 61.3 Å². The zero-order valence-electron chi connectivity index (χ0n) is 12.0. The number of piperidine rings is 1. The summed E-state index contributed by atoms with van der Waals surface area (Å²) in [6, 6.07) is -0.373. The predicted molar refractivity (Wildman–Crippen MR) is 72.9 cm³/mol. The van der Waals surface area contributed by atoms with E-state index in [1.54, 1.807) is 0 Å². The molecule has 2 rings (SSSR count). The molecular weight excluding hydrogens is 260 g/mol. The minimum atomic E-state index is -0.373. The molecule has 2 amide bonds. The molecule has 0 bridgehead atoms. The van der Waals surface area contributed by atoms with Crippen molar-refractivity contribution in [1.29, 1.82) is 0 Å². The molecule has 2 atom stereocenters. The molecule has 0 aromatic carbocycles. The number of amides is 2. The van der Waals surface area contributed by atoms with Crippen molar-refractivity contribution in [2.24, 2.45) is 11.8 Å². The molecule has 0 aromatic rings. The number of nitrogens with one attached hydrogen (secondary N) is 1. The molecule has 6 heteroatoms. The average molecular weight is 284 g/mol. The van der Waals surface area contributed by atoms with E-state index < -0.39 is 0 Å². The Kier molecular flexibility index (Phi) is 5.37. The fourth-order valence-corrected chi connectivity index (χ4v) is 2.64. The Hall–Kier alpha value is -1.14. The first-order valence-electron chi connectivity index (χ1n) is 7.34. The number of likely N-dealkylation sites (tertiary alicyclic amines) is 1. The summed E-state index contributed by atoms with van der Waals surface area (Å²) in [5, 5.41) is 12.0. The molecule has 1 heterocycles. The first-order valence-corrected chi connectivity index (χ1v) is 7.34. The van der Waals surface area contributed by atoms with Gasteiger partial charge in [0.25, 0.3) is 0 Å². The van der Waals surface area contributed by atoms with Gasteiger partial charge in [-0.1, -0.05) is 0 Å². The molecule has 2 aliphatic rings. The van der Waals surface area contributed by atoms with Crippen LogP contribution in [0.1, 0.15) is 25.7 Å². The van der Waals surface area contributed by atoms with Gasteiger partial charge >= 0.3 is 0 Å². The molecule has 6 nitrogen and oxygen atoms in total. The highest BCUT2D eigenvalue weighted by atomic mass is 16.5. The van der Waals surface area contributed by atoms with Gasteiger partial charge in [0.1, 0.15) is 0 Å². The Balaban J connectivity index is 1.84. The van der Waals surface area contributed by atoms with Gasteiger partial charge in [0.2, 0.25) is 11.8 Å². The van der Waals surface area contributed by atoms with Gasteiger partial charge in [0.15, 0.2) is 0 Å². The smallest absolute Gasteiger partial charge is 0.225 e. The molecule has 1 aliphatic heterocycles. The van der Waals surface area contributed by atoms with E-state index in [4.69, 9.17) is 9.84 Å². The van der Waals surface area contributed by atoms with E-state index in [2.05, 4.69) is 5.32 Å². The average Bonchev–Trinajstić information content (AvgIpc) is 3.30. The third kappa shape index (κ3) is 3.93. The molecule has 0 spiro atoms. The monoisotopic (exact) mass is 284 g/mol. The van der Waals surface area contributed by atoms with E-state index in [-0.39, 0.29) is 36.3 Å². The van der Waals surface area contributed by atoms with E-state index in [0.29, 0.717) is 13.2 Å². The van der Waals surface area contributed by atoms with Crippen molar-refractivity contribution in [1.82, 2.24) is 10.2 Å². The van der Waals surface area contributed by atoms with Crippen LogP contribution in [0.4, 0.5) is 0 Å². The lowest BCUT2D eigenvalue weighted by Crippen LogP contribution is -2.49. The maximum Gasteiger partial charge on any atom is 0.225 e. The largest absolute Gasteiger partial charge is 0.394 e. The van der Waals surface area contributed by atoms with Gasteiger partial charge in [-0.3, -0.25) is 9.59 Å². The molecule has 1 saturated heterocycles. The van der Waals surface area contributed by atoms with E-state index in [1.165, 1.54) is 7.11 Å². The zero-order chi connectivity index (χ0) is 14.5. The number of hydrogen-bond donors (Lipinski definition) is 2. The summed E-state index contributed by atoms with van der Waals surface area (Å²) >= 11 is 0. The Morgan fingerprint density at radius 1 is 1.35 bits per heavy atom. The Bertz CT molecular complexity index is 357. The number of methoxy groups -OCH3 is 1. The minimum Gasteiger partial charge on any atom is -0.394 e. The van der Waals surface area contributed by atoms with Gasteiger partial charge in [-0.2, -0.15) is 0 Å². The number of carbonyl (C=O) groups excluding carboxylic acids is 2. The highest BCUT2D eigenvalue weighted by Crippen LogP contribution is 2.32. The summed E-state index contributed by atoms with van der Waals surface area (Å²) < 4.78 is 4.94. The Morgan fingerprint density at radius 2 is 2.10 bits per heavy atom. The van der Waals surface area contributed by atoms with Crippen molar-refractivity contribution >= 4 is 11.8 Å². The van der Waals surface area contributed by atoms with Crippen molar-refractivity contribution in [3.05, 3.63) is 0 Å². The number of hydrogen-bond acceptors (Lipinski definition) is 4. The minimum absolute atomic E-state index is 0.0885. The van der Waals surface area contributed by atoms with E-state index >= 15 is 0 Å². The highest BCUT2D eigenvalue weighted by Gasteiger charge is 2.36. The molecule has 0 radical (unpaired) electrons. The molecule has 2 unspecified atom stereocenters. The summed E-state index contributed by atoms with van der Waals surface area (Å²) in [7, 11) is 1.53. The van der Waals surface area contributed by atoms with Crippen molar-refractivity contribution in [3.63, 3.8) is 0 Å². The van der Waals surface area contributed by atoms with E-state index in [0.717, 1.165) is 32.2 Å². The Labute approximate surface area is 119 Å². The van der Waals surface area contributed by atoms with Gasteiger partial charge in [0, 0.05) is 26.1 Å². The number of aliphatic hydroxyl groups is 1. The fourth-order valence-electron chi connectivity index (χ4n) is 2.64. The number of carbonyl (C=O) groups is 2. The van der Waals surface area contributed by atoms with Crippen LogP contribution in [-0.2, 0) is 14.3 Å². The topological polar surface area (TPSA) is 78.9 Å². The summed E-state index contributed by atoms with van der Waals surface area (Å²) in [5.41, 5.74) is 0. The second-order valence-corrected chi connectivity index (χ2v) is 5.74. The third-order valence-electron chi connectivity index (χ3n) is 3.97. The van der Waals surface area contributed by atoms with Crippen molar-refractivity contribution in [3.8, 4) is 0 Å². The highest BCUT2D eigenvalue weighted by molar-refractivity contribution is 5.83. The molecule has 1 aliphatic carbocycles. The normalized spacial score (nSPS) is 24.3. The molecule has 0 aromatic heterocycles. The molecule has 1 saturated carbocycles. The van der Waals surface area contributed by atoms with Gasteiger partial charge in [-0.15, -0.1) is 0 Å². The maximum absolute atomic E-state index is 12.2. The number of nitrogens with zero attached hydrogens (tertiary/aromatic N) is 1. The predicted octanol–water partition coefficient (Wildman–Crippen LogP) is -0.241. The quantitative estimate of drug-likeness (QED) is 0.705. The van der Waals surface area contributed by atoms with Crippen LogP contribution < -0.4 is 5.32 Å². The summed E-state index contributed by atoms with van der Waals surface area (Å²) in [5.74, 6) is 0.153. The maximum atomic E-state index is 12.2. The van der Waals surface area contributed by atoms with Gasteiger partial charge in [0.05, 0.1) is 25.2 Å². The van der Waals surface area contributed by atoms with Crippen molar-refractivity contribution in [2.75, 3.05) is 33.4 Å². The SMILES string of the molecule is COCC(CO)NC(=O)C1CCCN(C(=O)C2CC2)C1. The van der Waals surface area contributed by atoms with Crippen LogP contribution in [0.3, 0.4) is 0 Å². The standard InChI is InChI=1S/C14H24N2O4/c1-20-9-12(8-17)15-13(18)11-3-2-6-16(7-11)14(19)10-4-5-10/h10-12,17H,2-9H2,1H3,(H,15,18). The van der Waals surface area contributed by atoms with E-state index in [1.807, 2.05) is 4.90 Å². The third-order valence-corrected chi connectivity index (χ3v) is 3.97. The van der Waals surface area contributed by atoms with Crippen LogP contribution >= 0.6 is 0 Å². The molecule has 2 fully saturated rings. The van der Waals surface area contributed by atoms with Gasteiger partial charge in [-0.05, 0) is 25.7 Å².